The molecule has 4 rings (SSSR count). The molecule has 0 atom stereocenters. The molecule has 1 amide bonds. The summed E-state index contributed by atoms with van der Waals surface area (Å²) in [6.07, 6.45) is 5.30. The zero-order chi connectivity index (χ0) is 28.9. The zero-order valence-corrected chi connectivity index (χ0v) is 23.3. The highest BCUT2D eigenvalue weighted by Crippen LogP contribution is 2.26. The summed E-state index contributed by atoms with van der Waals surface area (Å²) < 4.78 is 61.2. The Labute approximate surface area is 236 Å². The van der Waals surface area contributed by atoms with Gasteiger partial charge in [-0.2, -0.15) is 5.10 Å². The van der Waals surface area contributed by atoms with Gasteiger partial charge in [0.05, 0.1) is 22.9 Å². The summed E-state index contributed by atoms with van der Waals surface area (Å²) >= 11 is 6.23. The lowest BCUT2D eigenvalue weighted by atomic mass is 10.1. The van der Waals surface area contributed by atoms with Crippen LogP contribution in [0.15, 0.2) is 77.8 Å². The number of aromatic nitrogens is 2. The van der Waals surface area contributed by atoms with Crippen LogP contribution in [0.25, 0.3) is 11.8 Å². The van der Waals surface area contributed by atoms with Gasteiger partial charge in [0.2, 0.25) is 0 Å². The van der Waals surface area contributed by atoms with Gasteiger partial charge in [0.25, 0.3) is 15.9 Å². The maximum atomic E-state index is 13.5. The second-order valence-electron chi connectivity index (χ2n) is 9.04. The van der Waals surface area contributed by atoms with Crippen molar-refractivity contribution in [2.45, 2.75) is 31.6 Å². The van der Waals surface area contributed by atoms with Crippen molar-refractivity contribution in [1.82, 2.24) is 14.5 Å². The summed E-state index contributed by atoms with van der Waals surface area (Å²) in [4.78, 5) is 11.7. The number of rotatable bonds is 10. The number of benzene rings is 3. The van der Waals surface area contributed by atoms with Crippen molar-refractivity contribution in [3.8, 4) is 11.4 Å². The molecule has 4 aromatic rings. The van der Waals surface area contributed by atoms with Crippen LogP contribution in [0.2, 0.25) is 5.02 Å². The van der Waals surface area contributed by atoms with Crippen LogP contribution in [0.3, 0.4) is 0 Å². The highest BCUT2D eigenvalue weighted by molar-refractivity contribution is 7.90. The van der Waals surface area contributed by atoms with Crippen LogP contribution in [-0.2, 0) is 21.2 Å². The summed E-state index contributed by atoms with van der Waals surface area (Å²) in [6.45, 7) is 4.23. The van der Waals surface area contributed by atoms with Crippen LogP contribution in [0, 0.1) is 25.5 Å². The predicted octanol–water partition coefficient (Wildman–Crippen LogP) is 5.95. The molecule has 0 bridgehead atoms. The van der Waals surface area contributed by atoms with Crippen molar-refractivity contribution in [2.24, 2.45) is 0 Å². The lowest BCUT2D eigenvalue weighted by molar-refractivity contribution is -0.114. The topological polar surface area (TPSA) is 90.3 Å². The number of nitrogens with zero attached hydrogens (tertiary/aromatic N) is 2. The third kappa shape index (κ3) is 7.34. The first kappa shape index (κ1) is 29.0. The molecule has 1 heterocycles. The highest BCUT2D eigenvalue weighted by atomic mass is 35.5. The maximum Gasteiger partial charge on any atom is 0.264 e. The summed E-state index contributed by atoms with van der Waals surface area (Å²) in [5.74, 6) is -2.43. The number of hydrogen-bond acceptors (Lipinski definition) is 5. The van der Waals surface area contributed by atoms with Gasteiger partial charge >= 0.3 is 0 Å². The third-order valence-electron chi connectivity index (χ3n) is 5.88. The zero-order valence-electron chi connectivity index (χ0n) is 21.7. The number of aryl methyl sites for hydroxylation is 3. The second kappa shape index (κ2) is 12.4. The lowest BCUT2D eigenvalue weighted by Gasteiger charge is -2.09. The van der Waals surface area contributed by atoms with Crippen molar-refractivity contribution in [3.63, 3.8) is 0 Å². The number of carbonyl (C=O) groups excluding carboxylic acids is 1. The van der Waals surface area contributed by atoms with Crippen LogP contribution in [0.5, 0.6) is 5.75 Å². The maximum absolute atomic E-state index is 13.5. The Morgan fingerprint density at radius 2 is 1.70 bits per heavy atom. The SMILES string of the molecule is Cc1cc(OCCCc2nn(-c3ccccc3)cc2/C=C/C(=O)NS(=O)(=O)c2cc(F)cc(F)c2)cc(C)c1Cl. The fraction of sp³-hybridized carbons (Fsp3) is 0.172. The third-order valence-corrected chi connectivity index (χ3v) is 7.80. The Kier molecular flexibility index (Phi) is 9.01. The van der Waals surface area contributed by atoms with E-state index in [1.807, 2.05) is 56.3 Å². The Balaban J connectivity index is 1.48. The first-order valence-electron chi connectivity index (χ1n) is 12.3. The van der Waals surface area contributed by atoms with Crippen molar-refractivity contribution in [3.05, 3.63) is 112 Å². The molecule has 0 aliphatic carbocycles. The Bertz CT molecular complexity index is 1630. The molecule has 0 aliphatic rings. The van der Waals surface area contributed by atoms with Gasteiger partial charge in [-0.15, -0.1) is 0 Å². The van der Waals surface area contributed by atoms with Gasteiger partial charge in [-0.3, -0.25) is 4.79 Å². The molecule has 40 heavy (non-hydrogen) atoms. The van der Waals surface area contributed by atoms with Crippen molar-refractivity contribution in [2.75, 3.05) is 6.61 Å². The minimum atomic E-state index is -4.49. The summed E-state index contributed by atoms with van der Waals surface area (Å²) in [6, 6.07) is 14.9. The molecule has 0 spiro atoms. The lowest BCUT2D eigenvalue weighted by Crippen LogP contribution is -2.29. The molecular weight excluding hydrogens is 560 g/mol. The van der Waals surface area contributed by atoms with E-state index in [4.69, 9.17) is 16.3 Å². The highest BCUT2D eigenvalue weighted by Gasteiger charge is 2.19. The summed E-state index contributed by atoms with van der Waals surface area (Å²) in [5, 5.41) is 5.35. The minimum Gasteiger partial charge on any atom is -0.494 e. The summed E-state index contributed by atoms with van der Waals surface area (Å²) in [7, 11) is -4.49. The molecule has 0 saturated carbocycles. The second-order valence-corrected chi connectivity index (χ2v) is 11.1. The number of halogens is 3. The smallest absolute Gasteiger partial charge is 0.264 e. The number of ether oxygens (including phenoxy) is 1. The molecule has 11 heteroatoms. The largest absolute Gasteiger partial charge is 0.494 e. The number of sulfonamides is 1. The van der Waals surface area contributed by atoms with Crippen molar-refractivity contribution in [1.29, 1.82) is 0 Å². The van der Waals surface area contributed by atoms with E-state index in [0.717, 1.165) is 22.9 Å². The number of carbonyl (C=O) groups is 1. The van der Waals surface area contributed by atoms with E-state index in [1.54, 1.807) is 15.6 Å². The first-order valence-corrected chi connectivity index (χ1v) is 14.1. The van der Waals surface area contributed by atoms with E-state index in [9.17, 15) is 22.0 Å². The monoisotopic (exact) mass is 585 g/mol. The van der Waals surface area contributed by atoms with Crippen molar-refractivity contribution < 1.29 is 26.7 Å². The number of para-hydroxylation sites is 1. The molecule has 1 N–H and O–H groups in total. The quantitative estimate of drug-likeness (QED) is 0.183. The average molecular weight is 586 g/mol. The van der Waals surface area contributed by atoms with Gasteiger partial charge in [0, 0.05) is 28.9 Å². The average Bonchev–Trinajstić information content (AvgIpc) is 3.31. The minimum absolute atomic E-state index is 0.408. The Hall–Kier alpha value is -4.02. The van der Waals surface area contributed by atoms with Crippen LogP contribution in [0.1, 0.15) is 28.8 Å². The molecule has 0 radical (unpaired) electrons. The molecular formula is C29H26ClF2N3O4S. The van der Waals surface area contributed by atoms with E-state index < -0.39 is 32.5 Å². The fourth-order valence-corrected chi connectivity index (χ4v) is 5.06. The van der Waals surface area contributed by atoms with Crippen LogP contribution >= 0.6 is 11.6 Å². The van der Waals surface area contributed by atoms with Gasteiger partial charge < -0.3 is 4.74 Å². The molecule has 0 saturated heterocycles. The molecule has 208 valence electrons. The van der Waals surface area contributed by atoms with Gasteiger partial charge in [0.15, 0.2) is 0 Å². The number of amides is 1. The molecule has 0 aliphatic heterocycles. The van der Waals surface area contributed by atoms with E-state index in [2.05, 4.69) is 5.10 Å². The molecule has 0 unspecified atom stereocenters. The van der Waals surface area contributed by atoms with Crippen LogP contribution in [0.4, 0.5) is 8.78 Å². The normalized spacial score (nSPS) is 11.6. The standard InChI is InChI=1S/C29H26ClF2N3O4S/c1-19-13-25(14-20(2)29(19)30)39-12-6-9-27-21(18-35(33-27)24-7-4-3-5-8-24)10-11-28(36)34-40(37,38)26-16-22(31)15-23(32)17-26/h3-5,7-8,10-11,13-18H,6,9,12H2,1-2H3,(H,34,36)/b11-10+. The van der Waals surface area contributed by atoms with Gasteiger partial charge in [-0.25, -0.2) is 26.6 Å². The first-order chi connectivity index (χ1) is 19.0. The van der Waals surface area contributed by atoms with Gasteiger partial charge in [0.1, 0.15) is 17.4 Å². The fourth-order valence-electron chi connectivity index (χ4n) is 3.96. The molecule has 3 aromatic carbocycles. The molecule has 0 fully saturated rings. The molecule has 1 aromatic heterocycles. The molecule has 7 nitrogen and oxygen atoms in total. The van der Waals surface area contributed by atoms with E-state index in [1.165, 1.54) is 6.08 Å². The van der Waals surface area contributed by atoms with E-state index in [0.29, 0.717) is 59.7 Å². The van der Waals surface area contributed by atoms with Crippen molar-refractivity contribution >= 4 is 33.6 Å². The number of hydrogen-bond donors (Lipinski definition) is 1. The summed E-state index contributed by atoms with van der Waals surface area (Å²) in [5.41, 5.74) is 3.90. The van der Waals surface area contributed by atoms with E-state index in [-0.39, 0.29) is 0 Å². The van der Waals surface area contributed by atoms with Crippen LogP contribution in [-0.4, -0.2) is 30.7 Å². The number of nitrogens with one attached hydrogen (secondary N) is 1. The Morgan fingerprint density at radius 1 is 1.05 bits per heavy atom. The van der Waals surface area contributed by atoms with Gasteiger partial charge in [-0.1, -0.05) is 29.8 Å². The predicted molar refractivity (Wildman–Crippen MR) is 149 cm³/mol. The Morgan fingerprint density at radius 3 is 2.35 bits per heavy atom. The van der Waals surface area contributed by atoms with Crippen LogP contribution < -0.4 is 9.46 Å². The van der Waals surface area contributed by atoms with E-state index >= 15 is 0 Å². The van der Waals surface area contributed by atoms with Gasteiger partial charge in [-0.05, 0) is 80.3 Å².